The maximum absolute atomic E-state index is 13.0. The highest BCUT2D eigenvalue weighted by atomic mass is 16.4. The number of carbonyl (C=O) groups is 2. The van der Waals surface area contributed by atoms with Gasteiger partial charge in [-0.25, -0.2) is 0 Å². The van der Waals surface area contributed by atoms with Crippen LogP contribution in [-0.4, -0.2) is 46.5 Å². The first-order valence-electron chi connectivity index (χ1n) is 10.5. The van der Waals surface area contributed by atoms with Crippen molar-refractivity contribution in [2.24, 2.45) is 0 Å². The minimum Gasteiger partial charge on any atom is -0.421 e. The van der Waals surface area contributed by atoms with Crippen molar-refractivity contribution in [1.82, 2.24) is 15.1 Å². The van der Waals surface area contributed by atoms with Crippen molar-refractivity contribution in [3.63, 3.8) is 0 Å². The molecule has 1 atom stereocenters. The number of hydrogen-bond acceptors (Lipinski definition) is 5. The highest BCUT2D eigenvalue weighted by Gasteiger charge is 2.34. The topological polar surface area (TPSA) is 79.5 Å². The van der Waals surface area contributed by atoms with Gasteiger partial charge in [-0.3, -0.25) is 9.59 Å². The third-order valence-electron chi connectivity index (χ3n) is 5.66. The van der Waals surface area contributed by atoms with Gasteiger partial charge < -0.3 is 14.2 Å². The smallest absolute Gasteiger partial charge is 0.249 e. The number of para-hydroxylation sites is 1. The Morgan fingerprint density at radius 2 is 1.87 bits per heavy atom. The number of aryl methyl sites for hydroxylation is 2. The number of aromatic nitrogens is 2. The molecule has 1 saturated heterocycles. The van der Waals surface area contributed by atoms with E-state index in [2.05, 4.69) is 10.2 Å². The van der Waals surface area contributed by atoms with E-state index in [1.165, 1.54) is 0 Å². The number of nitrogens with zero attached hydrogens (tertiary/aromatic N) is 4. The fraction of sp³-hybridized carbons (Fsp3) is 0.333. The van der Waals surface area contributed by atoms with Gasteiger partial charge in [0.05, 0.1) is 0 Å². The van der Waals surface area contributed by atoms with Gasteiger partial charge >= 0.3 is 0 Å². The molecule has 0 N–H and O–H groups in total. The molecule has 1 fully saturated rings. The summed E-state index contributed by atoms with van der Waals surface area (Å²) < 4.78 is 5.71. The fourth-order valence-corrected chi connectivity index (χ4v) is 3.81. The summed E-state index contributed by atoms with van der Waals surface area (Å²) in [6.07, 6.45) is 2.07. The minimum absolute atomic E-state index is 0.0345. The molecule has 0 saturated carbocycles. The van der Waals surface area contributed by atoms with Gasteiger partial charge in [-0.1, -0.05) is 35.9 Å². The summed E-state index contributed by atoms with van der Waals surface area (Å²) >= 11 is 0. The van der Waals surface area contributed by atoms with Gasteiger partial charge in [0, 0.05) is 37.7 Å². The highest BCUT2D eigenvalue weighted by Crippen LogP contribution is 2.24. The third kappa shape index (κ3) is 4.66. The molecule has 2 aromatic carbocycles. The first kappa shape index (κ1) is 20.8. The van der Waals surface area contributed by atoms with E-state index in [9.17, 15) is 9.59 Å². The molecule has 2 heterocycles. The standard InChI is InChI=1S/C24H26N4O3/c1-17-10-12-18(13-11-17)23-26-25-21(31-23)14-15-22(29)27(2)20-9-6-16-28(24(20)30)19-7-4-3-5-8-19/h3-5,7-8,10-13,20H,6,9,14-16H2,1-2H3. The maximum Gasteiger partial charge on any atom is 0.249 e. The molecule has 0 bridgehead atoms. The zero-order valence-corrected chi connectivity index (χ0v) is 17.8. The molecule has 1 aromatic heterocycles. The summed E-state index contributed by atoms with van der Waals surface area (Å²) in [7, 11) is 1.70. The van der Waals surface area contributed by atoms with E-state index < -0.39 is 6.04 Å². The van der Waals surface area contributed by atoms with Gasteiger partial charge in [-0.15, -0.1) is 10.2 Å². The van der Waals surface area contributed by atoms with Crippen LogP contribution in [0.5, 0.6) is 0 Å². The third-order valence-corrected chi connectivity index (χ3v) is 5.66. The number of rotatable bonds is 6. The number of amides is 2. The Kier molecular flexibility index (Phi) is 6.11. The molecule has 31 heavy (non-hydrogen) atoms. The normalized spacial score (nSPS) is 16.4. The van der Waals surface area contributed by atoms with Crippen molar-refractivity contribution in [3.05, 3.63) is 66.1 Å². The Labute approximate surface area is 181 Å². The van der Waals surface area contributed by atoms with Crippen molar-refractivity contribution in [2.75, 3.05) is 18.5 Å². The molecular weight excluding hydrogens is 392 g/mol. The lowest BCUT2D eigenvalue weighted by molar-refractivity contribution is -0.138. The molecule has 0 spiro atoms. The van der Waals surface area contributed by atoms with Gasteiger partial charge in [-0.2, -0.15) is 0 Å². The molecule has 1 unspecified atom stereocenters. The number of benzene rings is 2. The zero-order chi connectivity index (χ0) is 21.8. The van der Waals surface area contributed by atoms with Gasteiger partial charge in [0.1, 0.15) is 6.04 Å². The molecule has 7 heteroatoms. The van der Waals surface area contributed by atoms with E-state index in [0.717, 1.165) is 23.2 Å². The van der Waals surface area contributed by atoms with Crippen LogP contribution in [0.3, 0.4) is 0 Å². The number of anilines is 1. The summed E-state index contributed by atoms with van der Waals surface area (Å²) in [5.41, 5.74) is 2.87. The monoisotopic (exact) mass is 418 g/mol. The molecule has 1 aliphatic heterocycles. The Bertz CT molecular complexity index is 1050. The molecule has 3 aromatic rings. The number of likely N-dealkylation sites (N-methyl/N-ethyl adjacent to an activating group) is 1. The van der Waals surface area contributed by atoms with Gasteiger partial charge in [0.25, 0.3) is 0 Å². The Morgan fingerprint density at radius 3 is 2.61 bits per heavy atom. The summed E-state index contributed by atoms with van der Waals surface area (Å²) in [5.74, 6) is 0.714. The second-order valence-corrected chi connectivity index (χ2v) is 7.86. The molecule has 160 valence electrons. The quantitative estimate of drug-likeness (QED) is 0.611. The van der Waals surface area contributed by atoms with Crippen LogP contribution in [0, 0.1) is 6.92 Å². The summed E-state index contributed by atoms with van der Waals surface area (Å²) in [6.45, 7) is 2.69. The maximum atomic E-state index is 13.0. The van der Waals surface area contributed by atoms with E-state index in [1.54, 1.807) is 16.8 Å². The predicted octanol–water partition coefficient (Wildman–Crippen LogP) is 3.63. The van der Waals surface area contributed by atoms with Crippen LogP contribution < -0.4 is 4.90 Å². The Hall–Kier alpha value is -3.48. The molecule has 2 amide bonds. The zero-order valence-electron chi connectivity index (χ0n) is 17.8. The summed E-state index contributed by atoms with van der Waals surface area (Å²) in [5, 5.41) is 8.14. The van der Waals surface area contributed by atoms with E-state index in [0.29, 0.717) is 31.2 Å². The minimum atomic E-state index is -0.452. The van der Waals surface area contributed by atoms with Crippen LogP contribution in [0.4, 0.5) is 5.69 Å². The van der Waals surface area contributed by atoms with Crippen LogP contribution in [0.1, 0.15) is 30.7 Å². The van der Waals surface area contributed by atoms with Crippen LogP contribution in [0.2, 0.25) is 0 Å². The van der Waals surface area contributed by atoms with Crippen LogP contribution in [0.15, 0.2) is 59.0 Å². The average molecular weight is 418 g/mol. The van der Waals surface area contributed by atoms with Gasteiger partial charge in [0.15, 0.2) is 0 Å². The molecular formula is C24H26N4O3. The fourth-order valence-electron chi connectivity index (χ4n) is 3.81. The molecule has 7 nitrogen and oxygen atoms in total. The Morgan fingerprint density at radius 1 is 1.13 bits per heavy atom. The molecule has 0 radical (unpaired) electrons. The lowest BCUT2D eigenvalue weighted by atomic mass is 10.0. The summed E-state index contributed by atoms with van der Waals surface area (Å²) in [6, 6.07) is 17.0. The lowest BCUT2D eigenvalue weighted by Gasteiger charge is -2.36. The molecule has 1 aliphatic rings. The second kappa shape index (κ2) is 9.12. The number of carbonyl (C=O) groups excluding carboxylic acids is 2. The molecule has 4 rings (SSSR count). The first-order chi connectivity index (χ1) is 15.0. The molecule has 0 aliphatic carbocycles. The van der Waals surface area contributed by atoms with E-state index in [1.807, 2.05) is 61.5 Å². The van der Waals surface area contributed by atoms with Crippen LogP contribution in [-0.2, 0) is 16.0 Å². The number of piperidine rings is 1. The number of hydrogen-bond donors (Lipinski definition) is 0. The van der Waals surface area contributed by atoms with Crippen molar-refractivity contribution in [3.8, 4) is 11.5 Å². The largest absolute Gasteiger partial charge is 0.421 e. The van der Waals surface area contributed by atoms with Gasteiger partial charge in [0.2, 0.25) is 23.6 Å². The van der Waals surface area contributed by atoms with Crippen molar-refractivity contribution in [1.29, 1.82) is 0 Å². The predicted molar refractivity (Wildman–Crippen MR) is 117 cm³/mol. The van der Waals surface area contributed by atoms with E-state index in [-0.39, 0.29) is 18.2 Å². The first-order valence-corrected chi connectivity index (χ1v) is 10.5. The highest BCUT2D eigenvalue weighted by molar-refractivity contribution is 5.99. The van der Waals surface area contributed by atoms with Crippen LogP contribution >= 0.6 is 0 Å². The lowest BCUT2D eigenvalue weighted by Crippen LogP contribution is -2.53. The van der Waals surface area contributed by atoms with E-state index >= 15 is 0 Å². The van der Waals surface area contributed by atoms with Crippen LogP contribution in [0.25, 0.3) is 11.5 Å². The van der Waals surface area contributed by atoms with E-state index in [4.69, 9.17) is 4.42 Å². The SMILES string of the molecule is Cc1ccc(-c2nnc(CCC(=O)N(C)C3CCCN(c4ccccc4)C3=O)o2)cc1. The van der Waals surface area contributed by atoms with Crippen molar-refractivity contribution in [2.45, 2.75) is 38.6 Å². The van der Waals surface area contributed by atoms with Crippen molar-refractivity contribution >= 4 is 17.5 Å². The van der Waals surface area contributed by atoms with Gasteiger partial charge in [-0.05, 0) is 44.0 Å². The Balaban J connectivity index is 1.36. The van der Waals surface area contributed by atoms with Crippen molar-refractivity contribution < 1.29 is 14.0 Å². The summed E-state index contributed by atoms with van der Waals surface area (Å²) in [4.78, 5) is 29.1. The second-order valence-electron chi connectivity index (χ2n) is 7.86. The average Bonchev–Trinajstić information content (AvgIpc) is 3.27.